The quantitative estimate of drug-likeness (QED) is 0.324. The molecule has 0 saturated heterocycles. The SMILES string of the molecule is COc1ccc2c(c1)CC[C@@H]1[C@@H]2CC[C@]2(C)c3c(sc4ncn(CCCc5ccco5)c(=O)c34)C[C@@H]12. The molecule has 4 aromatic rings. The van der Waals surface area contributed by atoms with Crippen molar-refractivity contribution in [1.29, 1.82) is 0 Å². The number of furan rings is 1. The Morgan fingerprint density at radius 1 is 1.28 bits per heavy atom. The van der Waals surface area contributed by atoms with Crippen molar-refractivity contribution in [3.63, 3.8) is 0 Å². The summed E-state index contributed by atoms with van der Waals surface area (Å²) in [5.74, 6) is 3.83. The minimum absolute atomic E-state index is 0.0624. The first-order chi connectivity index (χ1) is 17.6. The third-order valence-electron chi connectivity index (χ3n) is 9.45. The molecule has 3 aromatic heterocycles. The van der Waals surface area contributed by atoms with Crippen LogP contribution in [0.15, 0.2) is 52.1 Å². The predicted molar refractivity (Wildman–Crippen MR) is 142 cm³/mol. The number of rotatable bonds is 5. The smallest absolute Gasteiger partial charge is 0.262 e. The van der Waals surface area contributed by atoms with Crippen molar-refractivity contribution in [2.45, 2.75) is 69.7 Å². The van der Waals surface area contributed by atoms with Crippen LogP contribution in [0.4, 0.5) is 0 Å². The van der Waals surface area contributed by atoms with Crippen molar-refractivity contribution in [3.05, 3.63) is 80.6 Å². The molecule has 3 heterocycles. The molecule has 1 saturated carbocycles. The lowest BCUT2D eigenvalue weighted by Gasteiger charge is -2.49. The Kier molecular flexibility index (Phi) is 5.18. The van der Waals surface area contributed by atoms with Crippen molar-refractivity contribution in [2.75, 3.05) is 7.11 Å². The van der Waals surface area contributed by atoms with Gasteiger partial charge in [-0.15, -0.1) is 11.3 Å². The topological polar surface area (TPSA) is 57.3 Å². The van der Waals surface area contributed by atoms with Gasteiger partial charge in [0.2, 0.25) is 0 Å². The maximum Gasteiger partial charge on any atom is 0.262 e. The van der Waals surface area contributed by atoms with E-state index in [2.05, 4.69) is 25.1 Å². The van der Waals surface area contributed by atoms with Crippen LogP contribution in [-0.4, -0.2) is 16.7 Å². The number of hydrogen-bond acceptors (Lipinski definition) is 5. The maximum absolute atomic E-state index is 13.8. The Balaban J connectivity index is 1.21. The van der Waals surface area contributed by atoms with Gasteiger partial charge >= 0.3 is 0 Å². The van der Waals surface area contributed by atoms with Gasteiger partial charge in [-0.3, -0.25) is 9.36 Å². The second kappa shape index (κ2) is 8.34. The van der Waals surface area contributed by atoms with E-state index < -0.39 is 0 Å². The first-order valence-corrected chi connectivity index (χ1v) is 14.1. The summed E-state index contributed by atoms with van der Waals surface area (Å²) >= 11 is 1.77. The van der Waals surface area contributed by atoms with Gasteiger partial charge in [0.1, 0.15) is 16.3 Å². The van der Waals surface area contributed by atoms with Crippen molar-refractivity contribution < 1.29 is 9.15 Å². The number of methoxy groups -OCH3 is 1. The molecule has 0 unspecified atom stereocenters. The van der Waals surface area contributed by atoms with Gasteiger partial charge in [-0.25, -0.2) is 4.98 Å². The lowest BCUT2D eigenvalue weighted by molar-refractivity contribution is 0.106. The Bertz CT molecular complexity index is 1500. The summed E-state index contributed by atoms with van der Waals surface area (Å²) < 4.78 is 12.8. The summed E-state index contributed by atoms with van der Waals surface area (Å²) in [5, 5.41) is 0.903. The summed E-state index contributed by atoms with van der Waals surface area (Å²) in [5.41, 5.74) is 4.55. The standard InChI is InChI=1S/C30H32N2O3S/c1-30-12-11-22-21-10-8-20(34-2)15-18(21)7-9-23(22)24(30)16-25-27(30)26-28(36-25)31-17-32(29(26)33)13-3-5-19-6-4-14-35-19/h4,6,8,10,14-15,17,22-24H,3,5,7,9,11-13,16H2,1-2H3/t22-,23-,24+,30+/m1/s1. The normalized spacial score (nSPS) is 26.3. The number of nitrogens with zero attached hydrogens (tertiary/aromatic N) is 2. The summed E-state index contributed by atoms with van der Waals surface area (Å²) in [4.78, 5) is 20.9. The number of fused-ring (bicyclic) bond motifs is 9. The molecule has 3 aliphatic rings. The molecule has 1 aromatic carbocycles. The number of aromatic nitrogens is 2. The fourth-order valence-electron chi connectivity index (χ4n) is 7.75. The van der Waals surface area contributed by atoms with E-state index in [0.717, 1.165) is 53.8 Å². The Hall–Kier alpha value is -2.86. The highest BCUT2D eigenvalue weighted by Gasteiger charge is 2.54. The summed E-state index contributed by atoms with van der Waals surface area (Å²) in [7, 11) is 1.75. The van der Waals surface area contributed by atoms with Crippen LogP contribution >= 0.6 is 11.3 Å². The van der Waals surface area contributed by atoms with Crippen LogP contribution in [0.25, 0.3) is 10.2 Å². The van der Waals surface area contributed by atoms with Gasteiger partial charge in [0.25, 0.3) is 5.56 Å². The van der Waals surface area contributed by atoms with Gasteiger partial charge in [-0.05, 0) is 103 Å². The van der Waals surface area contributed by atoms with Crippen LogP contribution in [0.3, 0.4) is 0 Å². The highest BCUT2D eigenvalue weighted by Crippen LogP contribution is 2.62. The molecule has 6 heteroatoms. The summed E-state index contributed by atoms with van der Waals surface area (Å²) in [6, 6.07) is 10.6. The van der Waals surface area contributed by atoms with E-state index in [1.807, 2.05) is 16.7 Å². The van der Waals surface area contributed by atoms with Crippen LogP contribution in [-0.2, 0) is 31.2 Å². The number of thiophene rings is 1. The lowest BCUT2D eigenvalue weighted by atomic mass is 9.55. The van der Waals surface area contributed by atoms with Crippen molar-refractivity contribution in [1.82, 2.24) is 9.55 Å². The zero-order valence-electron chi connectivity index (χ0n) is 21.0. The molecule has 4 atom stereocenters. The lowest BCUT2D eigenvalue weighted by Crippen LogP contribution is -2.43. The molecule has 186 valence electrons. The highest BCUT2D eigenvalue weighted by atomic mass is 32.1. The molecule has 5 nitrogen and oxygen atoms in total. The zero-order valence-corrected chi connectivity index (χ0v) is 21.8. The third kappa shape index (κ3) is 3.26. The fraction of sp³-hybridized carbons (Fsp3) is 0.467. The Labute approximate surface area is 215 Å². The van der Waals surface area contributed by atoms with Crippen LogP contribution in [0.5, 0.6) is 5.75 Å². The van der Waals surface area contributed by atoms with E-state index in [9.17, 15) is 4.79 Å². The molecule has 0 aliphatic heterocycles. The molecule has 0 amide bonds. The first kappa shape index (κ1) is 22.3. The van der Waals surface area contributed by atoms with Gasteiger partial charge in [0.15, 0.2) is 0 Å². The van der Waals surface area contributed by atoms with E-state index in [1.54, 1.807) is 31.0 Å². The van der Waals surface area contributed by atoms with Crippen LogP contribution in [0.2, 0.25) is 0 Å². The molecule has 1 fully saturated rings. The molecular formula is C30H32N2O3S. The van der Waals surface area contributed by atoms with E-state index in [4.69, 9.17) is 14.1 Å². The van der Waals surface area contributed by atoms with Crippen molar-refractivity contribution >= 4 is 21.6 Å². The van der Waals surface area contributed by atoms with Crippen molar-refractivity contribution in [3.8, 4) is 5.75 Å². The average molecular weight is 501 g/mol. The second-order valence-electron chi connectivity index (χ2n) is 11.1. The van der Waals surface area contributed by atoms with E-state index in [1.165, 1.54) is 34.4 Å². The van der Waals surface area contributed by atoms with E-state index >= 15 is 0 Å². The minimum atomic E-state index is 0.0624. The molecule has 7 rings (SSSR count). The monoisotopic (exact) mass is 500 g/mol. The number of ether oxygens (including phenoxy) is 1. The zero-order chi connectivity index (χ0) is 24.4. The Morgan fingerprint density at radius 3 is 3.03 bits per heavy atom. The van der Waals surface area contributed by atoms with Gasteiger partial charge in [0.05, 0.1) is 25.1 Å². The third-order valence-corrected chi connectivity index (χ3v) is 10.6. The van der Waals surface area contributed by atoms with E-state index in [-0.39, 0.29) is 11.0 Å². The summed E-state index contributed by atoms with van der Waals surface area (Å²) in [6.45, 7) is 3.11. The predicted octanol–water partition coefficient (Wildman–Crippen LogP) is 6.26. The first-order valence-electron chi connectivity index (χ1n) is 13.3. The average Bonchev–Trinajstić information content (AvgIpc) is 3.60. The van der Waals surface area contributed by atoms with Crippen LogP contribution < -0.4 is 10.3 Å². The molecule has 0 spiro atoms. The van der Waals surface area contributed by atoms with Crippen molar-refractivity contribution in [2.24, 2.45) is 11.8 Å². The maximum atomic E-state index is 13.8. The van der Waals surface area contributed by atoms with Gasteiger partial charge in [0, 0.05) is 17.8 Å². The second-order valence-corrected chi connectivity index (χ2v) is 12.2. The van der Waals surface area contributed by atoms with Gasteiger partial charge in [-0.2, -0.15) is 0 Å². The van der Waals surface area contributed by atoms with Gasteiger partial charge < -0.3 is 9.15 Å². The summed E-state index contributed by atoms with van der Waals surface area (Å²) in [6.07, 6.45) is 10.9. The van der Waals surface area contributed by atoms with Crippen LogP contribution in [0, 0.1) is 11.8 Å². The number of aryl methyl sites for hydroxylation is 3. The number of hydrogen-bond donors (Lipinski definition) is 0. The molecule has 0 N–H and O–H groups in total. The molecule has 0 bridgehead atoms. The fourth-order valence-corrected chi connectivity index (χ4v) is 9.08. The highest BCUT2D eigenvalue weighted by molar-refractivity contribution is 7.18. The molecule has 36 heavy (non-hydrogen) atoms. The largest absolute Gasteiger partial charge is 0.497 e. The minimum Gasteiger partial charge on any atom is -0.497 e. The molecule has 3 aliphatic carbocycles. The molecular weight excluding hydrogens is 468 g/mol. The Morgan fingerprint density at radius 2 is 2.19 bits per heavy atom. The van der Waals surface area contributed by atoms with Crippen LogP contribution in [0.1, 0.15) is 65.9 Å². The molecule has 0 radical (unpaired) electrons. The van der Waals surface area contributed by atoms with Gasteiger partial charge in [-0.1, -0.05) is 13.0 Å². The van der Waals surface area contributed by atoms with E-state index in [0.29, 0.717) is 24.3 Å². The number of benzene rings is 1.